The van der Waals surface area contributed by atoms with E-state index in [-0.39, 0.29) is 11.9 Å². The summed E-state index contributed by atoms with van der Waals surface area (Å²) in [6, 6.07) is 3.25. The molecule has 0 bridgehead atoms. The van der Waals surface area contributed by atoms with Crippen LogP contribution in [0.4, 0.5) is 0 Å². The first-order chi connectivity index (χ1) is 10.9. The van der Waals surface area contributed by atoms with Gasteiger partial charge in [-0.25, -0.2) is 0 Å². The van der Waals surface area contributed by atoms with Gasteiger partial charge in [0.25, 0.3) is 0 Å². The van der Waals surface area contributed by atoms with Gasteiger partial charge in [-0.3, -0.25) is 9.59 Å². The summed E-state index contributed by atoms with van der Waals surface area (Å²) in [6.07, 6.45) is 2.54. The van der Waals surface area contributed by atoms with Crippen molar-refractivity contribution >= 4 is 35.0 Å². The lowest BCUT2D eigenvalue weighted by molar-refractivity contribution is -0.159. The average Bonchev–Trinajstić information content (AvgIpc) is 2.70. The zero-order valence-electron chi connectivity index (χ0n) is 13.0. The van der Waals surface area contributed by atoms with Gasteiger partial charge < -0.3 is 9.47 Å². The predicted molar refractivity (Wildman–Crippen MR) is 87.0 cm³/mol. The van der Waals surface area contributed by atoms with Crippen LogP contribution in [0.3, 0.4) is 0 Å². The number of benzene rings is 1. The van der Waals surface area contributed by atoms with E-state index in [1.165, 1.54) is 0 Å². The van der Waals surface area contributed by atoms with E-state index >= 15 is 0 Å². The Morgan fingerprint density at radius 1 is 1.30 bits per heavy atom. The molecule has 3 unspecified atom stereocenters. The fourth-order valence-electron chi connectivity index (χ4n) is 3.70. The van der Waals surface area contributed by atoms with E-state index in [2.05, 4.69) is 0 Å². The summed E-state index contributed by atoms with van der Waals surface area (Å²) in [7, 11) is 1.61. The topological polar surface area (TPSA) is 52.6 Å². The van der Waals surface area contributed by atoms with Crippen molar-refractivity contribution in [1.29, 1.82) is 0 Å². The molecule has 1 aromatic carbocycles. The third kappa shape index (κ3) is 2.77. The molecule has 124 valence electrons. The number of carbonyl (C=O) groups excluding carboxylic acids is 2. The van der Waals surface area contributed by atoms with E-state index < -0.39 is 17.5 Å². The molecule has 0 N–H and O–H groups in total. The van der Waals surface area contributed by atoms with E-state index in [1.807, 2.05) is 0 Å². The number of ketones is 1. The monoisotopic (exact) mass is 356 g/mol. The molecule has 0 radical (unpaired) electrons. The summed E-state index contributed by atoms with van der Waals surface area (Å²) in [5.41, 5.74) is 0.146. The molecule has 1 spiro atoms. The van der Waals surface area contributed by atoms with Crippen molar-refractivity contribution in [3.8, 4) is 0 Å². The zero-order valence-corrected chi connectivity index (χ0v) is 14.5. The number of methoxy groups -OCH3 is 1. The second-order valence-electron chi connectivity index (χ2n) is 6.28. The van der Waals surface area contributed by atoms with Crippen LogP contribution in [0.25, 0.3) is 0 Å². The first kappa shape index (κ1) is 16.7. The molecular weight excluding hydrogens is 339 g/mol. The Balaban J connectivity index is 2.00. The number of halogens is 2. The number of Topliss-reactive ketones (excluding diaryl/α,β-unsaturated/α-hetero) is 1. The normalized spacial score (nSPS) is 30.8. The summed E-state index contributed by atoms with van der Waals surface area (Å²) in [4.78, 5) is 25.5. The average molecular weight is 357 g/mol. The van der Waals surface area contributed by atoms with Gasteiger partial charge in [0, 0.05) is 23.6 Å². The summed E-state index contributed by atoms with van der Waals surface area (Å²) in [5, 5.41) is 0.795. The van der Waals surface area contributed by atoms with Crippen molar-refractivity contribution in [2.75, 3.05) is 7.11 Å². The highest BCUT2D eigenvalue weighted by molar-refractivity contribution is 6.36. The summed E-state index contributed by atoms with van der Waals surface area (Å²) in [6.45, 7) is 1.79. The van der Waals surface area contributed by atoms with Crippen LogP contribution < -0.4 is 0 Å². The molecule has 1 aromatic rings. The number of ether oxygens (including phenoxy) is 2. The van der Waals surface area contributed by atoms with E-state index in [1.54, 1.807) is 26.2 Å². The lowest BCUT2D eigenvalue weighted by atomic mass is 9.76. The Labute approximate surface area is 145 Å². The molecule has 3 atom stereocenters. The fraction of sp³-hybridized carbons (Fsp3) is 0.529. The second-order valence-corrected chi connectivity index (χ2v) is 7.13. The van der Waals surface area contributed by atoms with Crippen LogP contribution >= 0.6 is 23.2 Å². The van der Waals surface area contributed by atoms with Crippen molar-refractivity contribution in [2.24, 2.45) is 0 Å². The van der Waals surface area contributed by atoms with Gasteiger partial charge in [-0.2, -0.15) is 0 Å². The van der Waals surface area contributed by atoms with Crippen molar-refractivity contribution in [3.05, 3.63) is 33.3 Å². The molecule has 23 heavy (non-hydrogen) atoms. The quantitative estimate of drug-likeness (QED) is 0.596. The standard InChI is InChI=1S/C17H18Cl2O4/c1-9-6-10(18)7-12(19)13(9)14-15(20)17(23-16(14)21)5-3-4-11(8-17)22-2/h6-7,11,14H,3-5,8H2,1-2H3. The van der Waals surface area contributed by atoms with Gasteiger partial charge >= 0.3 is 5.97 Å². The van der Waals surface area contributed by atoms with E-state index in [0.717, 1.165) is 12.8 Å². The molecule has 2 aliphatic rings. The van der Waals surface area contributed by atoms with Gasteiger partial charge in [0.05, 0.1) is 6.10 Å². The molecule has 1 saturated carbocycles. The van der Waals surface area contributed by atoms with E-state index in [0.29, 0.717) is 34.0 Å². The Hall–Kier alpha value is -1.10. The van der Waals surface area contributed by atoms with Crippen molar-refractivity contribution in [1.82, 2.24) is 0 Å². The summed E-state index contributed by atoms with van der Waals surface area (Å²) < 4.78 is 11.0. The van der Waals surface area contributed by atoms with Crippen molar-refractivity contribution in [2.45, 2.75) is 50.2 Å². The molecule has 4 nitrogen and oxygen atoms in total. The minimum absolute atomic E-state index is 0.0685. The maximum Gasteiger partial charge on any atom is 0.322 e. The maximum absolute atomic E-state index is 13.1. The van der Waals surface area contributed by atoms with Crippen LogP contribution in [0.2, 0.25) is 10.0 Å². The molecule has 6 heteroatoms. The largest absolute Gasteiger partial charge is 0.450 e. The predicted octanol–water partition coefficient (Wildman–Crippen LogP) is 3.84. The Kier molecular flexibility index (Phi) is 4.43. The van der Waals surface area contributed by atoms with Crippen LogP contribution in [0.1, 0.15) is 42.7 Å². The molecule has 1 heterocycles. The van der Waals surface area contributed by atoms with Crippen LogP contribution in [0, 0.1) is 6.92 Å². The Bertz CT molecular complexity index is 650. The number of aryl methyl sites for hydroxylation is 1. The smallest absolute Gasteiger partial charge is 0.322 e. The Morgan fingerprint density at radius 2 is 2.04 bits per heavy atom. The van der Waals surface area contributed by atoms with E-state index in [9.17, 15) is 9.59 Å². The second kappa shape index (κ2) is 6.08. The number of hydrogen-bond donors (Lipinski definition) is 0. The SMILES string of the molecule is COC1CCCC2(C1)OC(=O)C(c1c(C)cc(Cl)cc1Cl)C2=O. The first-order valence-electron chi connectivity index (χ1n) is 7.63. The van der Waals surface area contributed by atoms with Crippen LogP contribution in [-0.4, -0.2) is 30.6 Å². The molecular formula is C17H18Cl2O4. The first-order valence-corrected chi connectivity index (χ1v) is 8.39. The van der Waals surface area contributed by atoms with Crippen molar-refractivity contribution < 1.29 is 19.1 Å². The van der Waals surface area contributed by atoms with Crippen LogP contribution in [0.5, 0.6) is 0 Å². The van der Waals surface area contributed by atoms with Gasteiger partial charge in [-0.05, 0) is 49.4 Å². The van der Waals surface area contributed by atoms with Gasteiger partial charge in [0.15, 0.2) is 11.4 Å². The van der Waals surface area contributed by atoms with Crippen molar-refractivity contribution in [3.63, 3.8) is 0 Å². The highest BCUT2D eigenvalue weighted by Crippen LogP contribution is 2.46. The van der Waals surface area contributed by atoms with Gasteiger partial charge in [-0.15, -0.1) is 0 Å². The lowest BCUT2D eigenvalue weighted by Crippen LogP contribution is -2.44. The Morgan fingerprint density at radius 3 is 2.70 bits per heavy atom. The third-order valence-corrected chi connectivity index (χ3v) is 5.36. The summed E-state index contributed by atoms with van der Waals surface area (Å²) >= 11 is 12.2. The minimum Gasteiger partial charge on any atom is -0.450 e. The lowest BCUT2D eigenvalue weighted by Gasteiger charge is -2.34. The molecule has 3 rings (SSSR count). The number of hydrogen-bond acceptors (Lipinski definition) is 4. The molecule has 2 fully saturated rings. The highest BCUT2D eigenvalue weighted by atomic mass is 35.5. The van der Waals surface area contributed by atoms with Gasteiger partial charge in [0.1, 0.15) is 5.92 Å². The molecule has 1 saturated heterocycles. The van der Waals surface area contributed by atoms with Gasteiger partial charge in [-0.1, -0.05) is 23.2 Å². The third-order valence-electron chi connectivity index (χ3n) is 4.83. The number of esters is 1. The molecule has 1 aliphatic heterocycles. The van der Waals surface area contributed by atoms with Crippen LogP contribution in [0.15, 0.2) is 12.1 Å². The molecule has 0 amide bonds. The minimum atomic E-state index is -1.07. The van der Waals surface area contributed by atoms with E-state index in [4.69, 9.17) is 32.7 Å². The fourth-order valence-corrected chi connectivity index (χ4v) is 4.41. The molecule has 0 aromatic heterocycles. The highest BCUT2D eigenvalue weighted by Gasteiger charge is 2.57. The maximum atomic E-state index is 13.1. The molecule has 1 aliphatic carbocycles. The van der Waals surface area contributed by atoms with Gasteiger partial charge in [0.2, 0.25) is 0 Å². The number of carbonyl (C=O) groups is 2. The number of rotatable bonds is 2. The zero-order chi connectivity index (χ0) is 16.8. The van der Waals surface area contributed by atoms with Crippen LogP contribution in [-0.2, 0) is 19.1 Å². The summed E-state index contributed by atoms with van der Waals surface area (Å²) in [5.74, 6) is -1.72.